The van der Waals surface area contributed by atoms with Gasteiger partial charge < -0.3 is 15.6 Å². The third kappa shape index (κ3) is 3.55. The summed E-state index contributed by atoms with van der Waals surface area (Å²) in [5.41, 5.74) is 5.58. The van der Waals surface area contributed by atoms with E-state index in [-0.39, 0.29) is 18.1 Å². The average Bonchev–Trinajstić information content (AvgIpc) is 2.11. The van der Waals surface area contributed by atoms with Crippen LogP contribution in [0, 0.1) is 0 Å². The highest BCUT2D eigenvalue weighted by Gasteiger charge is 2.18. The zero-order valence-corrected chi connectivity index (χ0v) is 8.47. The molecule has 0 bridgehead atoms. The van der Waals surface area contributed by atoms with Gasteiger partial charge in [0, 0.05) is 0 Å². The second kappa shape index (κ2) is 5.70. The number of hydrogen-bond acceptors (Lipinski definition) is 3. The van der Waals surface area contributed by atoms with Gasteiger partial charge in [0.25, 0.3) is 0 Å². The molecule has 0 aliphatic carbocycles. The van der Waals surface area contributed by atoms with Crippen molar-refractivity contribution in [1.82, 2.24) is 0 Å². The van der Waals surface area contributed by atoms with Crippen LogP contribution < -0.4 is 5.73 Å². The monoisotopic (exact) mass is 207 g/mol. The largest absolute Gasteiger partial charge is 0.486 e. The minimum atomic E-state index is -1.18. The number of aliphatic carboxylic acids is 1. The lowest BCUT2D eigenvalue weighted by atomic mass is 10.2. The van der Waals surface area contributed by atoms with E-state index in [1.165, 1.54) is 0 Å². The van der Waals surface area contributed by atoms with Crippen LogP contribution in [0.3, 0.4) is 0 Å². The molecular formula is C8H14ClNO3. The van der Waals surface area contributed by atoms with Crippen LogP contribution in [0.25, 0.3) is 0 Å². The predicted octanol–water partition coefficient (Wildman–Crippen LogP) is 1.30. The van der Waals surface area contributed by atoms with Gasteiger partial charge in [0.2, 0.25) is 5.76 Å². The van der Waals surface area contributed by atoms with Gasteiger partial charge in [-0.2, -0.15) is 0 Å². The molecule has 0 spiro atoms. The summed E-state index contributed by atoms with van der Waals surface area (Å²) in [5, 5.41) is 8.21. The maximum Gasteiger partial charge on any atom is 0.373 e. The molecule has 0 rings (SSSR count). The highest BCUT2D eigenvalue weighted by molar-refractivity contribution is 6.22. The number of rotatable bonds is 5. The number of halogens is 1. The van der Waals surface area contributed by atoms with Gasteiger partial charge >= 0.3 is 5.97 Å². The van der Waals surface area contributed by atoms with Crippen molar-refractivity contribution >= 4 is 17.6 Å². The fourth-order valence-electron chi connectivity index (χ4n) is 0.775. The molecule has 0 aromatic carbocycles. The fraction of sp³-hybridized carbons (Fsp3) is 0.625. The highest BCUT2D eigenvalue weighted by Crippen LogP contribution is 2.14. The van der Waals surface area contributed by atoms with Gasteiger partial charge in [0.15, 0.2) is 0 Å². The van der Waals surface area contributed by atoms with E-state index in [0.29, 0.717) is 6.42 Å². The summed E-state index contributed by atoms with van der Waals surface area (Å²) in [7, 11) is 0. The zero-order chi connectivity index (χ0) is 10.4. The lowest BCUT2D eigenvalue weighted by Crippen LogP contribution is -2.20. The van der Waals surface area contributed by atoms with Crippen molar-refractivity contribution in [2.24, 2.45) is 5.73 Å². The van der Waals surface area contributed by atoms with Crippen molar-refractivity contribution in [3.8, 4) is 0 Å². The molecule has 0 saturated heterocycles. The van der Waals surface area contributed by atoms with Gasteiger partial charge in [-0.3, -0.25) is 0 Å². The number of carboxylic acids is 1. The molecule has 1 unspecified atom stereocenters. The van der Waals surface area contributed by atoms with Crippen LogP contribution in [0.15, 0.2) is 11.5 Å². The Morgan fingerprint density at radius 2 is 2.15 bits per heavy atom. The Morgan fingerprint density at radius 3 is 2.46 bits per heavy atom. The summed E-state index contributed by atoms with van der Waals surface area (Å²) < 4.78 is 4.86. The number of carboxylic acid groups (broad SMARTS) is 1. The van der Waals surface area contributed by atoms with Gasteiger partial charge in [-0.15, -0.1) is 11.6 Å². The number of nitrogens with two attached hydrogens (primary N) is 1. The summed E-state index contributed by atoms with van der Waals surface area (Å²) >= 11 is 5.76. The Bertz CT molecular complexity index is 215. The molecule has 0 aromatic heterocycles. The van der Waals surface area contributed by atoms with Gasteiger partial charge in [-0.25, -0.2) is 4.79 Å². The van der Waals surface area contributed by atoms with Crippen molar-refractivity contribution < 1.29 is 14.6 Å². The smallest absolute Gasteiger partial charge is 0.373 e. The SMILES string of the molecule is CCOC(C(=O)O)=C(N)C(Cl)CC. The lowest BCUT2D eigenvalue weighted by Gasteiger charge is -2.11. The van der Waals surface area contributed by atoms with Crippen LogP contribution in [0.4, 0.5) is 0 Å². The first kappa shape index (κ1) is 12.1. The summed E-state index contributed by atoms with van der Waals surface area (Å²) in [6.45, 7) is 3.76. The molecule has 4 nitrogen and oxygen atoms in total. The predicted molar refractivity (Wildman–Crippen MR) is 50.4 cm³/mol. The fourth-order valence-corrected chi connectivity index (χ4v) is 0.874. The molecule has 0 heterocycles. The molecule has 0 aliphatic heterocycles. The van der Waals surface area contributed by atoms with Crippen LogP contribution in [0.5, 0.6) is 0 Å². The molecule has 0 aliphatic rings. The van der Waals surface area contributed by atoms with Crippen LogP contribution >= 0.6 is 11.6 Å². The van der Waals surface area contributed by atoms with E-state index in [2.05, 4.69) is 0 Å². The topological polar surface area (TPSA) is 72.5 Å². The van der Waals surface area contributed by atoms with E-state index in [1.807, 2.05) is 6.92 Å². The molecule has 0 radical (unpaired) electrons. The molecule has 76 valence electrons. The van der Waals surface area contributed by atoms with Gasteiger partial charge in [-0.1, -0.05) is 6.92 Å². The van der Waals surface area contributed by atoms with Crippen molar-refractivity contribution in [1.29, 1.82) is 0 Å². The molecular weight excluding hydrogens is 194 g/mol. The van der Waals surface area contributed by atoms with Crippen molar-refractivity contribution in [2.45, 2.75) is 25.6 Å². The van der Waals surface area contributed by atoms with E-state index >= 15 is 0 Å². The first-order chi connectivity index (χ1) is 6.04. The van der Waals surface area contributed by atoms with E-state index in [9.17, 15) is 4.79 Å². The molecule has 0 amide bonds. The Kier molecular flexibility index (Phi) is 5.30. The maximum absolute atomic E-state index is 10.6. The van der Waals surface area contributed by atoms with Gasteiger partial charge in [0.05, 0.1) is 17.7 Å². The molecule has 13 heavy (non-hydrogen) atoms. The number of ether oxygens (including phenoxy) is 1. The number of carbonyl (C=O) groups is 1. The van der Waals surface area contributed by atoms with Crippen LogP contribution in [0.2, 0.25) is 0 Å². The Morgan fingerprint density at radius 1 is 1.62 bits per heavy atom. The van der Waals surface area contributed by atoms with Gasteiger partial charge in [-0.05, 0) is 13.3 Å². The minimum absolute atomic E-state index is 0.0820. The maximum atomic E-state index is 10.6. The van der Waals surface area contributed by atoms with Crippen molar-refractivity contribution in [2.75, 3.05) is 6.61 Å². The third-order valence-electron chi connectivity index (χ3n) is 1.44. The first-order valence-electron chi connectivity index (χ1n) is 4.04. The third-order valence-corrected chi connectivity index (χ3v) is 1.98. The summed E-state index contributed by atoms with van der Waals surface area (Å²) in [4.78, 5) is 10.6. The summed E-state index contributed by atoms with van der Waals surface area (Å²) in [6.07, 6.45) is 0.567. The van der Waals surface area contributed by atoms with Crippen molar-refractivity contribution in [3.05, 3.63) is 11.5 Å². The minimum Gasteiger partial charge on any atom is -0.486 e. The average molecular weight is 208 g/mol. The number of allylic oxidation sites excluding steroid dienone is 1. The first-order valence-corrected chi connectivity index (χ1v) is 4.47. The second-order valence-corrected chi connectivity index (χ2v) is 2.93. The van der Waals surface area contributed by atoms with E-state index in [1.54, 1.807) is 6.92 Å². The summed E-state index contributed by atoms with van der Waals surface area (Å²) in [6, 6.07) is 0. The molecule has 0 saturated carbocycles. The quantitative estimate of drug-likeness (QED) is 0.405. The molecule has 0 fully saturated rings. The highest BCUT2D eigenvalue weighted by atomic mass is 35.5. The number of hydrogen-bond donors (Lipinski definition) is 2. The van der Waals surface area contributed by atoms with Crippen LogP contribution in [-0.2, 0) is 9.53 Å². The van der Waals surface area contributed by atoms with E-state index in [0.717, 1.165) is 0 Å². The molecule has 3 N–H and O–H groups in total. The molecule has 0 aromatic rings. The van der Waals surface area contributed by atoms with E-state index in [4.69, 9.17) is 27.2 Å². The van der Waals surface area contributed by atoms with E-state index < -0.39 is 11.3 Å². The van der Waals surface area contributed by atoms with Crippen LogP contribution in [0.1, 0.15) is 20.3 Å². The number of alkyl halides is 1. The normalized spacial score (nSPS) is 14.7. The second-order valence-electron chi connectivity index (χ2n) is 2.40. The van der Waals surface area contributed by atoms with Crippen molar-refractivity contribution in [3.63, 3.8) is 0 Å². The Balaban J connectivity index is 4.73. The summed E-state index contributed by atoms with van der Waals surface area (Å²) in [5.74, 6) is -1.43. The van der Waals surface area contributed by atoms with Crippen LogP contribution in [-0.4, -0.2) is 23.1 Å². The standard InChI is InChI=1S/C8H14ClNO3/c1-3-5(9)6(10)7(8(11)12)13-4-2/h5H,3-4,10H2,1-2H3,(H,11,12). The lowest BCUT2D eigenvalue weighted by molar-refractivity contribution is -0.136. The zero-order valence-electron chi connectivity index (χ0n) is 7.71. The molecule has 5 heteroatoms. The van der Waals surface area contributed by atoms with Gasteiger partial charge in [0.1, 0.15) is 0 Å². The molecule has 1 atom stereocenters. The Hall–Kier alpha value is -0.900. The Labute approximate surface area is 82.3 Å².